The van der Waals surface area contributed by atoms with E-state index in [4.69, 9.17) is 21.6 Å². The van der Waals surface area contributed by atoms with Gasteiger partial charge >= 0.3 is 0 Å². The number of nitriles is 1. The number of carbonyl (C=O) groups excluding carboxylic acids is 4. The lowest BCUT2D eigenvalue weighted by Gasteiger charge is -2.39. The Morgan fingerprint density at radius 2 is 1.60 bits per heavy atom. The van der Waals surface area contributed by atoms with E-state index in [-0.39, 0.29) is 42.7 Å². The van der Waals surface area contributed by atoms with Gasteiger partial charge in [-0.1, -0.05) is 11.6 Å². The molecule has 4 fully saturated rings. The Hall–Kier alpha value is -5.33. The molecule has 1 aromatic carbocycles. The van der Waals surface area contributed by atoms with Gasteiger partial charge in [-0.25, -0.2) is 4.98 Å². The number of imide groups is 1. The maximum atomic E-state index is 13.0. The van der Waals surface area contributed by atoms with Crippen LogP contribution in [0.2, 0.25) is 5.02 Å². The molecule has 3 saturated heterocycles. The zero-order valence-electron chi connectivity index (χ0n) is 30.6. The van der Waals surface area contributed by atoms with Crippen molar-refractivity contribution in [3.05, 3.63) is 70.5 Å². The number of piperazine rings is 1. The largest absolute Gasteiger partial charge is 0.490 e. The molecule has 1 atom stereocenters. The summed E-state index contributed by atoms with van der Waals surface area (Å²) in [5.74, 6) is 1.43. The van der Waals surface area contributed by atoms with Crippen LogP contribution in [0.3, 0.4) is 0 Å². The Balaban J connectivity index is 0.789. The number of ether oxygens (including phenoxy) is 1. The standard InChI is InChI=1S/C39H45ClN10O5/c40-31-21-30(5-1-26(31)22-41)55-29-6-3-28(4-7-29)43-39(54)33-8-11-35(47-46-33)49-15-13-25(14-16-49)24-48-17-19-50(20-18-48)34-10-2-27(23-42-34)37(52)44-32-9-12-36(51)45-38(32)53/h1-2,5,8,10-11,21,23,25,28-29,32H,3-4,6-7,9,12-20,24H2,(H,43,54)(H,44,52)(H,45,51,53)/t28-,29-,32?. The Morgan fingerprint density at radius 1 is 0.855 bits per heavy atom. The lowest BCUT2D eigenvalue weighted by atomic mass is 9.93. The summed E-state index contributed by atoms with van der Waals surface area (Å²) in [6, 6.07) is 13.7. The third-order valence-corrected chi connectivity index (χ3v) is 11.3. The molecular weight excluding hydrogens is 724 g/mol. The van der Waals surface area contributed by atoms with Gasteiger partial charge in [0.2, 0.25) is 11.8 Å². The zero-order chi connectivity index (χ0) is 38.3. The maximum Gasteiger partial charge on any atom is 0.272 e. The minimum Gasteiger partial charge on any atom is -0.490 e. The normalized spacial score (nSPS) is 22.4. The lowest BCUT2D eigenvalue weighted by molar-refractivity contribution is -0.134. The highest BCUT2D eigenvalue weighted by Crippen LogP contribution is 2.28. The van der Waals surface area contributed by atoms with Crippen LogP contribution >= 0.6 is 11.6 Å². The molecule has 15 nitrogen and oxygen atoms in total. The number of rotatable bonds is 10. The predicted molar refractivity (Wildman–Crippen MR) is 204 cm³/mol. The molecule has 1 unspecified atom stereocenters. The zero-order valence-corrected chi connectivity index (χ0v) is 31.3. The maximum absolute atomic E-state index is 13.0. The van der Waals surface area contributed by atoms with Gasteiger partial charge in [0.15, 0.2) is 11.5 Å². The number of piperidine rings is 2. The molecule has 288 valence electrons. The molecule has 16 heteroatoms. The van der Waals surface area contributed by atoms with Gasteiger partial charge in [-0.2, -0.15) is 5.26 Å². The minimum absolute atomic E-state index is 0.0263. The van der Waals surface area contributed by atoms with E-state index in [1.165, 1.54) is 6.20 Å². The summed E-state index contributed by atoms with van der Waals surface area (Å²) in [4.78, 5) is 60.5. The molecule has 55 heavy (non-hydrogen) atoms. The molecule has 0 radical (unpaired) electrons. The number of hydrogen-bond acceptors (Lipinski definition) is 12. The number of anilines is 2. The van der Waals surface area contributed by atoms with E-state index in [2.05, 4.69) is 51.9 Å². The smallest absolute Gasteiger partial charge is 0.272 e. The minimum atomic E-state index is -0.722. The van der Waals surface area contributed by atoms with Crippen LogP contribution in [0.15, 0.2) is 48.7 Å². The van der Waals surface area contributed by atoms with E-state index in [9.17, 15) is 19.2 Å². The van der Waals surface area contributed by atoms with Crippen molar-refractivity contribution in [2.24, 2.45) is 5.92 Å². The van der Waals surface area contributed by atoms with Gasteiger partial charge in [-0.3, -0.25) is 29.4 Å². The number of aromatic nitrogens is 3. The molecular formula is C39H45ClN10O5. The van der Waals surface area contributed by atoms with Crippen molar-refractivity contribution in [1.82, 2.24) is 36.0 Å². The monoisotopic (exact) mass is 768 g/mol. The summed E-state index contributed by atoms with van der Waals surface area (Å²) in [6.45, 7) is 6.35. The van der Waals surface area contributed by atoms with Crippen LogP contribution in [-0.2, 0) is 9.59 Å². The Bertz CT molecular complexity index is 1900. The van der Waals surface area contributed by atoms with E-state index in [0.29, 0.717) is 33.5 Å². The fourth-order valence-electron chi connectivity index (χ4n) is 7.70. The van der Waals surface area contributed by atoms with Crippen LogP contribution in [0.5, 0.6) is 5.75 Å². The van der Waals surface area contributed by atoms with Gasteiger partial charge in [0, 0.05) is 70.5 Å². The molecule has 0 bridgehead atoms. The molecule has 3 aromatic rings. The molecule has 3 N–H and O–H groups in total. The van der Waals surface area contributed by atoms with Crippen LogP contribution in [0.4, 0.5) is 11.6 Å². The Labute approximate surface area is 324 Å². The molecule has 1 aliphatic carbocycles. The highest BCUT2D eigenvalue weighted by atomic mass is 35.5. The first-order chi connectivity index (χ1) is 26.7. The second-order valence-electron chi connectivity index (χ2n) is 14.7. The Kier molecular flexibility index (Phi) is 12.0. The van der Waals surface area contributed by atoms with Gasteiger partial charge in [0.25, 0.3) is 11.8 Å². The van der Waals surface area contributed by atoms with Gasteiger partial charge in [-0.05, 0) is 87.3 Å². The summed E-state index contributed by atoms with van der Waals surface area (Å²) in [6.07, 6.45) is 7.34. The first kappa shape index (κ1) is 38.0. The van der Waals surface area contributed by atoms with E-state index in [0.717, 1.165) is 96.0 Å². The molecule has 7 rings (SSSR count). The number of nitrogens with zero attached hydrogens (tertiary/aromatic N) is 7. The SMILES string of the molecule is N#Cc1ccc(O[C@H]2CC[C@H](NC(=O)c3ccc(N4CCC(CN5CCN(c6ccc(C(=O)NC7CCC(=O)NC7=O)cn6)CC5)CC4)nn3)CC2)cc1Cl. The van der Waals surface area contributed by atoms with Crippen molar-refractivity contribution in [2.75, 3.05) is 55.6 Å². The number of halogens is 1. The summed E-state index contributed by atoms with van der Waals surface area (Å²) in [5.41, 5.74) is 1.10. The van der Waals surface area contributed by atoms with Crippen LogP contribution in [-0.4, -0.2) is 108 Å². The average molecular weight is 769 g/mol. The molecule has 2 aromatic heterocycles. The summed E-state index contributed by atoms with van der Waals surface area (Å²) < 4.78 is 6.07. The predicted octanol–water partition coefficient (Wildman–Crippen LogP) is 3.09. The summed E-state index contributed by atoms with van der Waals surface area (Å²) in [7, 11) is 0. The van der Waals surface area contributed by atoms with E-state index >= 15 is 0 Å². The number of pyridine rings is 1. The number of amides is 4. The van der Waals surface area contributed by atoms with Gasteiger partial charge in [0.1, 0.15) is 23.7 Å². The second kappa shape index (κ2) is 17.4. The van der Waals surface area contributed by atoms with Crippen molar-refractivity contribution < 1.29 is 23.9 Å². The molecule has 4 amide bonds. The van der Waals surface area contributed by atoms with Crippen molar-refractivity contribution >= 4 is 46.9 Å². The van der Waals surface area contributed by atoms with E-state index in [1.54, 1.807) is 30.3 Å². The third-order valence-electron chi connectivity index (χ3n) is 11.0. The average Bonchev–Trinajstić information content (AvgIpc) is 3.20. The van der Waals surface area contributed by atoms with Crippen molar-refractivity contribution in [3.63, 3.8) is 0 Å². The van der Waals surface area contributed by atoms with Gasteiger partial charge in [0.05, 0.1) is 22.3 Å². The fourth-order valence-corrected chi connectivity index (χ4v) is 7.91. The van der Waals surface area contributed by atoms with E-state index < -0.39 is 11.9 Å². The molecule has 3 aliphatic heterocycles. The molecule has 1 saturated carbocycles. The number of hydrogen-bond donors (Lipinski definition) is 3. The quantitative estimate of drug-likeness (QED) is 0.257. The van der Waals surface area contributed by atoms with Crippen molar-refractivity contribution in [3.8, 4) is 11.8 Å². The van der Waals surface area contributed by atoms with Crippen LogP contribution < -0.4 is 30.5 Å². The molecule has 4 aliphatic rings. The summed E-state index contributed by atoms with van der Waals surface area (Å²) in [5, 5.41) is 26.2. The van der Waals surface area contributed by atoms with E-state index in [1.807, 2.05) is 12.1 Å². The number of benzene rings is 1. The fraction of sp³-hybridized carbons (Fsp3) is 0.487. The number of carbonyl (C=O) groups is 4. The van der Waals surface area contributed by atoms with Gasteiger partial charge < -0.3 is 25.2 Å². The highest BCUT2D eigenvalue weighted by Gasteiger charge is 2.29. The van der Waals surface area contributed by atoms with Crippen molar-refractivity contribution in [2.45, 2.75) is 69.6 Å². The second-order valence-corrected chi connectivity index (χ2v) is 15.1. The lowest BCUT2D eigenvalue weighted by Crippen LogP contribution is -2.52. The third kappa shape index (κ3) is 9.68. The van der Waals surface area contributed by atoms with Crippen LogP contribution in [0, 0.1) is 17.2 Å². The first-order valence-corrected chi connectivity index (χ1v) is 19.4. The summed E-state index contributed by atoms with van der Waals surface area (Å²) >= 11 is 6.14. The topological polar surface area (TPSA) is 186 Å². The van der Waals surface area contributed by atoms with Crippen molar-refractivity contribution in [1.29, 1.82) is 5.26 Å². The van der Waals surface area contributed by atoms with Crippen LogP contribution in [0.25, 0.3) is 0 Å². The number of nitrogens with one attached hydrogen (secondary N) is 3. The molecule has 0 spiro atoms. The molecule has 5 heterocycles. The first-order valence-electron chi connectivity index (χ1n) is 19.0. The Morgan fingerprint density at radius 3 is 2.25 bits per heavy atom. The van der Waals surface area contributed by atoms with Crippen LogP contribution in [0.1, 0.15) is 77.8 Å². The highest BCUT2D eigenvalue weighted by molar-refractivity contribution is 6.31. The van der Waals surface area contributed by atoms with Gasteiger partial charge in [-0.15, -0.1) is 10.2 Å².